The number of nitrogens with zero attached hydrogens (tertiary/aromatic N) is 2. The fourth-order valence-electron chi connectivity index (χ4n) is 1.95. The largest absolute Gasteiger partial charge is 0.265 e. The Morgan fingerprint density at radius 1 is 1.16 bits per heavy atom. The van der Waals surface area contributed by atoms with Crippen LogP contribution < -0.4 is 0 Å². The van der Waals surface area contributed by atoms with E-state index in [1.54, 1.807) is 24.5 Å². The van der Waals surface area contributed by atoms with Crippen molar-refractivity contribution in [3.05, 3.63) is 65.0 Å². The number of aromatic nitrogens is 1. The Kier molecular flexibility index (Phi) is 3.99. The van der Waals surface area contributed by atoms with Crippen LogP contribution in [0, 0.1) is 25.2 Å². The average Bonchev–Trinajstić information content (AvgIpc) is 2.40. The van der Waals surface area contributed by atoms with E-state index in [4.69, 9.17) is 11.6 Å². The summed E-state index contributed by atoms with van der Waals surface area (Å²) in [6, 6.07) is 11.7. The van der Waals surface area contributed by atoms with E-state index in [2.05, 4.69) is 17.1 Å². The van der Waals surface area contributed by atoms with Gasteiger partial charge in [-0.05, 0) is 42.7 Å². The fourth-order valence-corrected chi connectivity index (χ4v) is 2.32. The molecule has 94 valence electrons. The molecule has 2 nitrogen and oxygen atoms in total. The van der Waals surface area contributed by atoms with Crippen molar-refractivity contribution in [1.29, 1.82) is 5.26 Å². The predicted octanol–water partition coefficient (Wildman–Crippen LogP) is 4.33. The van der Waals surface area contributed by atoms with Gasteiger partial charge in [-0.15, -0.1) is 0 Å². The highest BCUT2D eigenvalue weighted by Gasteiger charge is 2.11. The van der Waals surface area contributed by atoms with E-state index in [1.165, 1.54) is 5.56 Å². The van der Waals surface area contributed by atoms with E-state index in [-0.39, 0.29) is 0 Å². The number of nitriles is 1. The first-order valence-corrected chi connectivity index (χ1v) is 6.29. The lowest BCUT2D eigenvalue weighted by molar-refractivity contribution is 1.32. The minimum absolute atomic E-state index is 0.469. The maximum absolute atomic E-state index is 9.34. The van der Waals surface area contributed by atoms with Crippen LogP contribution in [0.4, 0.5) is 0 Å². The molecule has 0 aliphatic carbocycles. The van der Waals surface area contributed by atoms with Gasteiger partial charge in [0.05, 0.1) is 10.6 Å². The molecule has 0 amide bonds. The molecule has 0 saturated carbocycles. The SMILES string of the molecule is Cc1ccc(/C(Cl)=C(/C#N)c2ccncc2)c(C)c1. The molecule has 0 unspecified atom stereocenters. The molecule has 0 aliphatic rings. The first-order chi connectivity index (χ1) is 9.13. The minimum atomic E-state index is 0.469. The Morgan fingerprint density at radius 2 is 1.84 bits per heavy atom. The van der Waals surface area contributed by atoms with Gasteiger partial charge in [-0.2, -0.15) is 5.26 Å². The van der Waals surface area contributed by atoms with Crippen molar-refractivity contribution < 1.29 is 0 Å². The molecule has 0 bridgehead atoms. The van der Waals surface area contributed by atoms with Crippen LogP contribution in [0.25, 0.3) is 10.6 Å². The lowest BCUT2D eigenvalue weighted by atomic mass is 10.0. The molecule has 0 radical (unpaired) electrons. The van der Waals surface area contributed by atoms with E-state index >= 15 is 0 Å². The molecule has 2 aromatic rings. The van der Waals surface area contributed by atoms with Crippen LogP contribution in [-0.2, 0) is 0 Å². The smallest absolute Gasteiger partial charge is 0.101 e. The third-order valence-corrected chi connectivity index (χ3v) is 3.31. The van der Waals surface area contributed by atoms with Crippen molar-refractivity contribution in [3.8, 4) is 6.07 Å². The van der Waals surface area contributed by atoms with Gasteiger partial charge in [-0.3, -0.25) is 4.98 Å². The number of benzene rings is 1. The number of aryl methyl sites for hydroxylation is 2. The van der Waals surface area contributed by atoms with E-state index in [1.807, 2.05) is 26.0 Å². The Labute approximate surface area is 118 Å². The van der Waals surface area contributed by atoms with Gasteiger partial charge in [-0.1, -0.05) is 35.4 Å². The molecule has 19 heavy (non-hydrogen) atoms. The van der Waals surface area contributed by atoms with Crippen LogP contribution in [0.3, 0.4) is 0 Å². The van der Waals surface area contributed by atoms with Crippen LogP contribution >= 0.6 is 11.6 Å². The van der Waals surface area contributed by atoms with Crippen molar-refractivity contribution in [2.75, 3.05) is 0 Å². The number of hydrogen-bond donors (Lipinski definition) is 0. The number of rotatable bonds is 2. The normalized spacial score (nSPS) is 11.7. The number of allylic oxidation sites excluding steroid dienone is 1. The van der Waals surface area contributed by atoms with Crippen LogP contribution in [0.15, 0.2) is 42.7 Å². The van der Waals surface area contributed by atoms with Crippen molar-refractivity contribution >= 4 is 22.2 Å². The van der Waals surface area contributed by atoms with Gasteiger partial charge in [0.25, 0.3) is 0 Å². The van der Waals surface area contributed by atoms with Crippen LogP contribution in [0.5, 0.6) is 0 Å². The van der Waals surface area contributed by atoms with Crippen LogP contribution in [0.2, 0.25) is 0 Å². The molecule has 1 aromatic heterocycles. The summed E-state index contributed by atoms with van der Waals surface area (Å²) in [4.78, 5) is 3.95. The molecular formula is C16H13ClN2. The Hall–Kier alpha value is -2.11. The topological polar surface area (TPSA) is 36.7 Å². The Balaban J connectivity index is 2.59. The molecule has 0 atom stereocenters. The van der Waals surface area contributed by atoms with Gasteiger partial charge in [0, 0.05) is 12.4 Å². The quantitative estimate of drug-likeness (QED) is 0.760. The summed E-state index contributed by atoms with van der Waals surface area (Å²) < 4.78 is 0. The zero-order chi connectivity index (χ0) is 13.8. The number of hydrogen-bond acceptors (Lipinski definition) is 2. The third kappa shape index (κ3) is 2.83. The molecule has 0 N–H and O–H groups in total. The Bertz CT molecular complexity index is 667. The second-order valence-corrected chi connectivity index (χ2v) is 4.73. The zero-order valence-electron chi connectivity index (χ0n) is 10.8. The average molecular weight is 269 g/mol. The maximum Gasteiger partial charge on any atom is 0.101 e. The molecule has 2 rings (SSSR count). The molecule has 3 heteroatoms. The lowest BCUT2D eigenvalue weighted by Gasteiger charge is -2.08. The molecule has 1 heterocycles. The summed E-state index contributed by atoms with van der Waals surface area (Å²) in [6.45, 7) is 4.02. The van der Waals surface area contributed by atoms with Gasteiger partial charge in [0.1, 0.15) is 6.07 Å². The van der Waals surface area contributed by atoms with Crippen LogP contribution in [-0.4, -0.2) is 4.98 Å². The molecule has 0 aliphatic heterocycles. The van der Waals surface area contributed by atoms with Gasteiger partial charge in [-0.25, -0.2) is 0 Å². The first-order valence-electron chi connectivity index (χ1n) is 5.91. The second kappa shape index (κ2) is 5.69. The highest BCUT2D eigenvalue weighted by Crippen LogP contribution is 2.31. The summed E-state index contributed by atoms with van der Waals surface area (Å²) in [7, 11) is 0. The van der Waals surface area contributed by atoms with Crippen molar-refractivity contribution in [1.82, 2.24) is 4.98 Å². The summed E-state index contributed by atoms with van der Waals surface area (Å²) in [6.07, 6.45) is 3.30. The van der Waals surface area contributed by atoms with E-state index < -0.39 is 0 Å². The van der Waals surface area contributed by atoms with Crippen LogP contribution in [0.1, 0.15) is 22.3 Å². The standard InChI is InChI=1S/C16H13ClN2/c1-11-3-4-14(12(2)9-11)16(17)15(10-18)13-5-7-19-8-6-13/h3-9H,1-2H3/b16-15+. The van der Waals surface area contributed by atoms with E-state index in [0.29, 0.717) is 10.6 Å². The van der Waals surface area contributed by atoms with E-state index in [9.17, 15) is 5.26 Å². The predicted molar refractivity (Wildman–Crippen MR) is 78.4 cm³/mol. The highest BCUT2D eigenvalue weighted by molar-refractivity contribution is 6.53. The van der Waals surface area contributed by atoms with Gasteiger partial charge in [0.15, 0.2) is 0 Å². The number of pyridine rings is 1. The summed E-state index contributed by atoms with van der Waals surface area (Å²) in [5, 5.41) is 9.82. The lowest BCUT2D eigenvalue weighted by Crippen LogP contribution is -1.90. The van der Waals surface area contributed by atoms with Crippen molar-refractivity contribution in [2.24, 2.45) is 0 Å². The zero-order valence-corrected chi connectivity index (χ0v) is 11.6. The molecular weight excluding hydrogens is 256 g/mol. The Morgan fingerprint density at radius 3 is 2.42 bits per heavy atom. The number of halogens is 1. The fraction of sp³-hybridized carbons (Fsp3) is 0.125. The molecule has 0 saturated heterocycles. The minimum Gasteiger partial charge on any atom is -0.265 e. The molecule has 0 fully saturated rings. The van der Waals surface area contributed by atoms with Gasteiger partial charge in [0.2, 0.25) is 0 Å². The summed E-state index contributed by atoms with van der Waals surface area (Å²) in [5.74, 6) is 0. The summed E-state index contributed by atoms with van der Waals surface area (Å²) in [5.41, 5.74) is 4.37. The van der Waals surface area contributed by atoms with Gasteiger partial charge < -0.3 is 0 Å². The van der Waals surface area contributed by atoms with Crippen molar-refractivity contribution in [3.63, 3.8) is 0 Å². The van der Waals surface area contributed by atoms with Crippen molar-refractivity contribution in [2.45, 2.75) is 13.8 Å². The monoisotopic (exact) mass is 268 g/mol. The highest BCUT2D eigenvalue weighted by atomic mass is 35.5. The maximum atomic E-state index is 9.34. The molecule has 0 spiro atoms. The third-order valence-electron chi connectivity index (χ3n) is 2.92. The molecule has 1 aromatic carbocycles. The first kappa shape index (κ1) is 13.3. The summed E-state index contributed by atoms with van der Waals surface area (Å²) >= 11 is 6.40. The van der Waals surface area contributed by atoms with Gasteiger partial charge >= 0.3 is 0 Å². The second-order valence-electron chi connectivity index (χ2n) is 4.36. The van der Waals surface area contributed by atoms with E-state index in [0.717, 1.165) is 16.7 Å².